The average Bonchev–Trinajstić information content (AvgIpc) is 3.34. The molecule has 1 unspecified atom stereocenters. The average molecular weight is 579 g/mol. The van der Waals surface area contributed by atoms with E-state index in [0.717, 1.165) is 53.1 Å². The van der Waals surface area contributed by atoms with Crippen molar-refractivity contribution in [2.45, 2.75) is 32.3 Å². The van der Waals surface area contributed by atoms with Gasteiger partial charge in [0.05, 0.1) is 26.7 Å². The number of hydrogen-bond acceptors (Lipinski definition) is 7. The molecule has 206 valence electrons. The number of anilines is 2. The summed E-state index contributed by atoms with van der Waals surface area (Å²) >= 11 is 7.92. The molecule has 2 aromatic carbocycles. The number of benzene rings is 2. The van der Waals surface area contributed by atoms with Crippen LogP contribution in [-0.2, 0) is 16.1 Å². The minimum absolute atomic E-state index is 0.0158. The van der Waals surface area contributed by atoms with E-state index in [-0.39, 0.29) is 30.8 Å². The number of carbonyl (C=O) groups is 1. The molecule has 1 aliphatic rings. The van der Waals surface area contributed by atoms with E-state index in [1.54, 1.807) is 24.3 Å². The van der Waals surface area contributed by atoms with Crippen molar-refractivity contribution in [3.63, 3.8) is 0 Å². The summed E-state index contributed by atoms with van der Waals surface area (Å²) in [5, 5.41) is 6.64. The molecule has 1 saturated heterocycles. The lowest BCUT2D eigenvalue weighted by Crippen LogP contribution is -2.32. The molecule has 1 fully saturated rings. The van der Waals surface area contributed by atoms with Crippen LogP contribution in [0.4, 0.5) is 15.9 Å². The lowest BCUT2D eigenvalue weighted by molar-refractivity contribution is -0.126. The zero-order valence-electron chi connectivity index (χ0n) is 21.7. The van der Waals surface area contributed by atoms with Gasteiger partial charge >= 0.3 is 0 Å². The Labute approximate surface area is 241 Å². The SMILES string of the molecule is O=C(NCC#Cc1cc2ncnc(Nc3ccc(OCc4cccc(F)c4)c(Cl)c3)c2s1)C1CCCCOCC1. The van der Waals surface area contributed by atoms with Crippen LogP contribution in [0.1, 0.15) is 36.1 Å². The normalized spacial score (nSPS) is 15.4. The van der Waals surface area contributed by atoms with Crippen LogP contribution in [0, 0.1) is 23.6 Å². The highest BCUT2D eigenvalue weighted by Crippen LogP contribution is 2.33. The van der Waals surface area contributed by atoms with Crippen LogP contribution in [0.2, 0.25) is 5.02 Å². The van der Waals surface area contributed by atoms with Gasteiger partial charge in [0, 0.05) is 24.8 Å². The molecule has 5 rings (SSSR count). The van der Waals surface area contributed by atoms with Gasteiger partial charge in [-0.15, -0.1) is 11.3 Å². The first-order valence-corrected chi connectivity index (χ1v) is 14.3. The lowest BCUT2D eigenvalue weighted by Gasteiger charge is -2.18. The van der Waals surface area contributed by atoms with Crippen molar-refractivity contribution in [3.8, 4) is 17.6 Å². The molecule has 0 bridgehead atoms. The first-order valence-electron chi connectivity index (χ1n) is 13.1. The van der Waals surface area contributed by atoms with Crippen molar-refractivity contribution in [3.05, 3.63) is 76.1 Å². The molecular formula is C30H28ClFN4O3S. The first kappa shape index (κ1) is 27.8. The second-order valence-corrected chi connectivity index (χ2v) is 10.8. The Morgan fingerprint density at radius 1 is 1.15 bits per heavy atom. The highest BCUT2D eigenvalue weighted by atomic mass is 35.5. The Hall–Kier alpha value is -3.71. The van der Waals surface area contributed by atoms with Crippen LogP contribution < -0.4 is 15.4 Å². The summed E-state index contributed by atoms with van der Waals surface area (Å²) in [6.45, 7) is 1.90. The Morgan fingerprint density at radius 2 is 2.08 bits per heavy atom. The van der Waals surface area contributed by atoms with E-state index in [2.05, 4.69) is 32.4 Å². The predicted octanol–water partition coefficient (Wildman–Crippen LogP) is 6.48. The van der Waals surface area contributed by atoms with Crippen LogP contribution >= 0.6 is 22.9 Å². The fourth-order valence-corrected chi connectivity index (χ4v) is 5.53. The Kier molecular flexibility index (Phi) is 9.45. The molecule has 0 aliphatic carbocycles. The van der Waals surface area contributed by atoms with Gasteiger partial charge < -0.3 is 20.1 Å². The molecule has 40 heavy (non-hydrogen) atoms. The molecule has 0 radical (unpaired) electrons. The summed E-state index contributed by atoms with van der Waals surface area (Å²) in [5.74, 6) is 7.01. The third-order valence-electron chi connectivity index (χ3n) is 6.42. The van der Waals surface area contributed by atoms with Crippen molar-refractivity contribution < 1.29 is 18.7 Å². The maximum absolute atomic E-state index is 13.4. The van der Waals surface area contributed by atoms with Gasteiger partial charge in [0.2, 0.25) is 5.91 Å². The van der Waals surface area contributed by atoms with Gasteiger partial charge in [0.1, 0.15) is 24.5 Å². The molecule has 2 aromatic heterocycles. The largest absolute Gasteiger partial charge is 0.487 e. The maximum atomic E-state index is 13.4. The molecule has 1 aliphatic heterocycles. The topological polar surface area (TPSA) is 85.4 Å². The molecule has 0 spiro atoms. The number of fused-ring (bicyclic) bond motifs is 1. The van der Waals surface area contributed by atoms with Crippen molar-refractivity contribution in [2.75, 3.05) is 25.1 Å². The number of halogens is 2. The molecule has 1 amide bonds. The highest BCUT2D eigenvalue weighted by Gasteiger charge is 2.18. The summed E-state index contributed by atoms with van der Waals surface area (Å²) < 4.78 is 25.5. The summed E-state index contributed by atoms with van der Waals surface area (Å²) in [6.07, 6.45) is 5.14. The maximum Gasteiger partial charge on any atom is 0.223 e. The second kappa shape index (κ2) is 13.6. The Balaban J connectivity index is 1.20. The van der Waals surface area contributed by atoms with E-state index in [4.69, 9.17) is 21.1 Å². The second-order valence-electron chi connectivity index (χ2n) is 9.35. The zero-order valence-corrected chi connectivity index (χ0v) is 23.3. The number of nitrogens with zero attached hydrogens (tertiary/aromatic N) is 2. The van der Waals surface area contributed by atoms with Crippen LogP contribution in [0.5, 0.6) is 5.75 Å². The van der Waals surface area contributed by atoms with Crippen LogP contribution in [-0.4, -0.2) is 35.6 Å². The number of ether oxygens (including phenoxy) is 2. The number of amides is 1. The molecule has 2 N–H and O–H groups in total. The highest BCUT2D eigenvalue weighted by molar-refractivity contribution is 7.20. The van der Waals surface area contributed by atoms with Crippen molar-refractivity contribution >= 4 is 50.6 Å². The zero-order chi connectivity index (χ0) is 27.7. The Bertz CT molecular complexity index is 1540. The van der Waals surface area contributed by atoms with E-state index >= 15 is 0 Å². The number of nitrogens with one attached hydrogen (secondary N) is 2. The van der Waals surface area contributed by atoms with E-state index in [9.17, 15) is 9.18 Å². The minimum Gasteiger partial charge on any atom is -0.487 e. The fraction of sp³-hybridized carbons (Fsp3) is 0.300. The summed E-state index contributed by atoms with van der Waals surface area (Å²) in [7, 11) is 0. The third-order valence-corrected chi connectivity index (χ3v) is 7.77. The fourth-order valence-electron chi connectivity index (χ4n) is 4.36. The third kappa shape index (κ3) is 7.48. The van der Waals surface area contributed by atoms with E-state index in [0.29, 0.717) is 28.8 Å². The number of aromatic nitrogens is 2. The van der Waals surface area contributed by atoms with Crippen LogP contribution in [0.25, 0.3) is 10.2 Å². The van der Waals surface area contributed by atoms with Gasteiger partial charge in [-0.1, -0.05) is 42.0 Å². The minimum atomic E-state index is -0.311. The van der Waals surface area contributed by atoms with Crippen LogP contribution in [0.3, 0.4) is 0 Å². The van der Waals surface area contributed by atoms with E-state index in [1.165, 1.54) is 29.8 Å². The number of hydrogen-bond donors (Lipinski definition) is 2. The van der Waals surface area contributed by atoms with Gasteiger partial charge in [-0.05, 0) is 61.2 Å². The molecule has 0 saturated carbocycles. The van der Waals surface area contributed by atoms with Gasteiger partial charge in [0.25, 0.3) is 0 Å². The molecule has 7 nitrogen and oxygen atoms in total. The quantitative estimate of drug-likeness (QED) is 0.244. The van der Waals surface area contributed by atoms with Crippen molar-refractivity contribution in [2.24, 2.45) is 5.92 Å². The van der Waals surface area contributed by atoms with Gasteiger partial charge in [-0.3, -0.25) is 4.79 Å². The van der Waals surface area contributed by atoms with Gasteiger partial charge in [-0.25, -0.2) is 14.4 Å². The van der Waals surface area contributed by atoms with Gasteiger partial charge in [0.15, 0.2) is 5.82 Å². The summed E-state index contributed by atoms with van der Waals surface area (Å²) in [4.78, 5) is 22.1. The van der Waals surface area contributed by atoms with Crippen molar-refractivity contribution in [1.82, 2.24) is 15.3 Å². The number of carbonyl (C=O) groups excluding carboxylic acids is 1. The first-order chi connectivity index (χ1) is 19.5. The van der Waals surface area contributed by atoms with E-state index < -0.39 is 0 Å². The summed E-state index contributed by atoms with van der Waals surface area (Å²) in [5.41, 5.74) is 2.21. The number of thiophene rings is 1. The van der Waals surface area contributed by atoms with Crippen LogP contribution in [0.15, 0.2) is 54.9 Å². The van der Waals surface area contributed by atoms with E-state index in [1.807, 2.05) is 12.1 Å². The van der Waals surface area contributed by atoms with Crippen molar-refractivity contribution in [1.29, 1.82) is 0 Å². The molecule has 3 heterocycles. The lowest BCUT2D eigenvalue weighted by atomic mass is 9.97. The molecule has 1 atom stereocenters. The molecular weight excluding hydrogens is 551 g/mol. The Morgan fingerprint density at radius 3 is 2.95 bits per heavy atom. The standard InChI is InChI=1S/C30H28ClFN4O3S/c31-25-16-23(9-10-27(25)39-18-20-5-3-7-22(32)15-20)36-29-28-26(34-19-35-29)17-24(40-28)8-4-12-33-30(37)21-6-1-2-13-38-14-11-21/h3,5,7,9-10,15-17,19,21H,1-2,6,11-14,18H2,(H,33,37)(H,34,35,36). The molecule has 4 aromatic rings. The molecule has 10 heteroatoms. The van der Waals surface area contributed by atoms with Gasteiger partial charge in [-0.2, -0.15) is 0 Å². The summed E-state index contributed by atoms with van der Waals surface area (Å²) in [6, 6.07) is 13.5. The monoisotopic (exact) mass is 578 g/mol. The number of rotatable bonds is 7. The smallest absolute Gasteiger partial charge is 0.223 e. The predicted molar refractivity (Wildman–Crippen MR) is 156 cm³/mol.